The van der Waals surface area contributed by atoms with Crippen molar-refractivity contribution in [1.82, 2.24) is 0 Å². The van der Waals surface area contributed by atoms with Gasteiger partial charge in [-0.05, 0) is 18.2 Å². The minimum atomic E-state index is 0.00283. The van der Waals surface area contributed by atoms with E-state index in [0.29, 0.717) is 17.2 Å². The quantitative estimate of drug-likeness (QED) is 0.658. The molecule has 0 spiro atoms. The van der Waals surface area contributed by atoms with Crippen LogP contribution in [-0.4, -0.2) is 19.9 Å². The summed E-state index contributed by atoms with van der Waals surface area (Å²) in [6.45, 7) is 0.369. The van der Waals surface area contributed by atoms with Gasteiger partial charge in [-0.3, -0.25) is 5.41 Å². The maximum absolute atomic E-state index is 7.39. The number of hydrogen-bond donors (Lipinski definition) is 2. The predicted molar refractivity (Wildman–Crippen MR) is 87.6 cm³/mol. The summed E-state index contributed by atoms with van der Waals surface area (Å²) in [5.41, 5.74) is 7.97. The van der Waals surface area contributed by atoms with E-state index in [1.54, 1.807) is 12.1 Å². The summed E-state index contributed by atoms with van der Waals surface area (Å²) in [5.74, 6) is 0.788. The molecule has 4 nitrogen and oxygen atoms in total. The molecule has 2 aromatic carbocycles. The molecule has 3 N–H and O–H groups in total. The molecule has 0 fully saturated rings. The lowest BCUT2D eigenvalue weighted by atomic mass is 10.1. The first-order valence-electron chi connectivity index (χ1n) is 6.50. The first kappa shape index (κ1) is 15.2. The van der Waals surface area contributed by atoms with Crippen molar-refractivity contribution < 1.29 is 4.74 Å². The van der Waals surface area contributed by atoms with Crippen LogP contribution in [-0.2, 0) is 6.61 Å². The van der Waals surface area contributed by atoms with E-state index in [-0.39, 0.29) is 5.84 Å². The molecule has 0 bridgehead atoms. The number of halogens is 1. The Bertz CT molecular complexity index is 656. The van der Waals surface area contributed by atoms with Gasteiger partial charge in [-0.25, -0.2) is 0 Å². The van der Waals surface area contributed by atoms with Gasteiger partial charge >= 0.3 is 0 Å². The average Bonchev–Trinajstić information content (AvgIpc) is 2.46. The smallest absolute Gasteiger partial charge is 0.122 e. The largest absolute Gasteiger partial charge is 0.489 e. The van der Waals surface area contributed by atoms with Crippen LogP contribution in [0.4, 0.5) is 5.69 Å². The lowest BCUT2D eigenvalue weighted by molar-refractivity contribution is 0.306. The number of ether oxygens (including phenoxy) is 1. The zero-order valence-corrected chi connectivity index (χ0v) is 12.8. The van der Waals surface area contributed by atoms with Crippen molar-refractivity contribution in [2.45, 2.75) is 6.61 Å². The minimum absolute atomic E-state index is 0.00283. The molecule has 2 aromatic rings. The van der Waals surface area contributed by atoms with Crippen LogP contribution < -0.4 is 15.4 Å². The summed E-state index contributed by atoms with van der Waals surface area (Å²) in [6.07, 6.45) is 0. The van der Waals surface area contributed by atoms with Crippen molar-refractivity contribution in [3.8, 4) is 5.75 Å². The summed E-state index contributed by atoms with van der Waals surface area (Å²) in [5, 5.41) is 7.93. The van der Waals surface area contributed by atoms with Gasteiger partial charge in [0.15, 0.2) is 0 Å². The van der Waals surface area contributed by atoms with Crippen LogP contribution in [0.5, 0.6) is 5.75 Å². The third kappa shape index (κ3) is 3.89. The Morgan fingerprint density at radius 3 is 2.62 bits per heavy atom. The van der Waals surface area contributed by atoms with Crippen LogP contribution in [0.2, 0.25) is 5.02 Å². The van der Waals surface area contributed by atoms with E-state index in [1.165, 1.54) is 0 Å². The highest BCUT2D eigenvalue weighted by atomic mass is 35.5. The summed E-state index contributed by atoms with van der Waals surface area (Å²) < 4.78 is 5.77. The number of hydrogen-bond acceptors (Lipinski definition) is 3. The lowest BCUT2D eigenvalue weighted by Gasteiger charge is -2.14. The molecule has 0 atom stereocenters. The number of amidine groups is 1. The van der Waals surface area contributed by atoms with E-state index in [4.69, 9.17) is 27.5 Å². The summed E-state index contributed by atoms with van der Waals surface area (Å²) >= 11 is 6.18. The Hall–Kier alpha value is -2.20. The van der Waals surface area contributed by atoms with E-state index in [9.17, 15) is 0 Å². The molecule has 2 rings (SSSR count). The number of benzene rings is 2. The minimum Gasteiger partial charge on any atom is -0.489 e. The van der Waals surface area contributed by atoms with Crippen LogP contribution >= 0.6 is 11.6 Å². The third-order valence-corrected chi connectivity index (χ3v) is 3.44. The molecule has 0 heterocycles. The zero-order chi connectivity index (χ0) is 15.4. The monoisotopic (exact) mass is 303 g/mol. The average molecular weight is 304 g/mol. The van der Waals surface area contributed by atoms with Crippen molar-refractivity contribution in [1.29, 1.82) is 5.41 Å². The molecule has 0 aliphatic carbocycles. The van der Waals surface area contributed by atoms with Crippen molar-refractivity contribution in [3.05, 3.63) is 58.6 Å². The van der Waals surface area contributed by atoms with Gasteiger partial charge in [0, 0.05) is 42.0 Å². The van der Waals surface area contributed by atoms with Crippen LogP contribution in [0.15, 0.2) is 42.5 Å². The molecule has 0 saturated heterocycles. The molecule has 0 saturated carbocycles. The van der Waals surface area contributed by atoms with E-state index in [2.05, 4.69) is 0 Å². The van der Waals surface area contributed by atoms with E-state index >= 15 is 0 Å². The number of rotatable bonds is 5. The summed E-state index contributed by atoms with van der Waals surface area (Å²) in [4.78, 5) is 2.02. The highest BCUT2D eigenvalue weighted by Gasteiger charge is 2.05. The van der Waals surface area contributed by atoms with Gasteiger partial charge in [0.1, 0.15) is 18.2 Å². The molecule has 0 aliphatic rings. The number of nitrogens with one attached hydrogen (secondary N) is 1. The fraction of sp³-hybridized carbons (Fsp3) is 0.188. The molecule has 0 unspecified atom stereocenters. The fourth-order valence-electron chi connectivity index (χ4n) is 1.84. The second kappa shape index (κ2) is 6.50. The highest BCUT2D eigenvalue weighted by Crippen LogP contribution is 2.23. The fourth-order valence-corrected chi connectivity index (χ4v) is 2.08. The third-order valence-electron chi connectivity index (χ3n) is 3.09. The van der Waals surface area contributed by atoms with Crippen LogP contribution in [0, 0.1) is 5.41 Å². The number of nitrogens with zero attached hydrogens (tertiary/aromatic N) is 1. The lowest BCUT2D eigenvalue weighted by Crippen LogP contribution is -2.11. The van der Waals surface area contributed by atoms with Gasteiger partial charge in [0.05, 0.1) is 0 Å². The second-order valence-electron chi connectivity index (χ2n) is 4.90. The Morgan fingerprint density at radius 1 is 1.24 bits per heavy atom. The molecule has 0 amide bonds. The maximum Gasteiger partial charge on any atom is 0.122 e. The van der Waals surface area contributed by atoms with Crippen molar-refractivity contribution in [2.75, 3.05) is 19.0 Å². The molecule has 110 valence electrons. The predicted octanol–water partition coefficient (Wildman–Crippen LogP) is 3.27. The second-order valence-corrected chi connectivity index (χ2v) is 5.31. The van der Waals surface area contributed by atoms with Gasteiger partial charge in [-0.15, -0.1) is 0 Å². The van der Waals surface area contributed by atoms with E-state index in [0.717, 1.165) is 17.0 Å². The van der Waals surface area contributed by atoms with Crippen molar-refractivity contribution in [2.24, 2.45) is 5.73 Å². The zero-order valence-electron chi connectivity index (χ0n) is 12.1. The number of nitrogens with two attached hydrogens (primary N) is 1. The molecule has 5 heteroatoms. The molecule has 0 aromatic heterocycles. The van der Waals surface area contributed by atoms with Crippen LogP contribution in [0.3, 0.4) is 0 Å². The maximum atomic E-state index is 7.39. The Labute approximate surface area is 129 Å². The number of nitrogen functional groups attached to an aromatic ring is 1. The Kier molecular flexibility index (Phi) is 4.70. The summed E-state index contributed by atoms with van der Waals surface area (Å²) in [7, 11) is 3.97. The first-order valence-corrected chi connectivity index (χ1v) is 6.88. The van der Waals surface area contributed by atoms with Gasteiger partial charge in [0.25, 0.3) is 0 Å². The first-order chi connectivity index (χ1) is 9.97. The normalized spacial score (nSPS) is 10.2. The van der Waals surface area contributed by atoms with Crippen LogP contribution in [0.1, 0.15) is 11.1 Å². The van der Waals surface area contributed by atoms with Gasteiger partial charge in [0.2, 0.25) is 0 Å². The molecular weight excluding hydrogens is 286 g/mol. The Balaban J connectivity index is 2.09. The number of anilines is 1. The van der Waals surface area contributed by atoms with Crippen molar-refractivity contribution in [3.63, 3.8) is 0 Å². The van der Waals surface area contributed by atoms with Gasteiger partial charge in [-0.1, -0.05) is 29.8 Å². The van der Waals surface area contributed by atoms with Crippen LogP contribution in [0.25, 0.3) is 0 Å². The standard InChI is InChI=1S/C16H18ClN3O/c1-20(2)13-4-3-5-14(9-13)21-10-12-7-6-11(16(18)19)8-15(12)17/h3-9H,10H2,1-2H3,(H3,18,19). The molecule has 0 radical (unpaired) electrons. The topological polar surface area (TPSA) is 62.3 Å². The summed E-state index contributed by atoms with van der Waals surface area (Å²) in [6, 6.07) is 13.1. The van der Waals surface area contributed by atoms with E-state index < -0.39 is 0 Å². The molecule has 0 aliphatic heterocycles. The molecule has 21 heavy (non-hydrogen) atoms. The van der Waals surface area contributed by atoms with Crippen molar-refractivity contribution >= 4 is 23.1 Å². The van der Waals surface area contributed by atoms with Gasteiger partial charge < -0.3 is 15.4 Å². The Morgan fingerprint density at radius 2 is 2.00 bits per heavy atom. The highest BCUT2D eigenvalue weighted by molar-refractivity contribution is 6.31. The SMILES string of the molecule is CN(C)c1cccc(OCc2ccc(C(=N)N)cc2Cl)c1. The van der Waals surface area contributed by atoms with Gasteiger partial charge in [-0.2, -0.15) is 0 Å². The van der Waals surface area contributed by atoms with E-state index in [1.807, 2.05) is 49.3 Å². The molecular formula is C16H18ClN3O.